The third-order valence-corrected chi connectivity index (χ3v) is 7.75. The molecule has 0 unspecified atom stereocenters. The van der Waals surface area contributed by atoms with Crippen molar-refractivity contribution in [3.05, 3.63) is 134 Å². The maximum absolute atomic E-state index is 13.5. The van der Waals surface area contributed by atoms with E-state index in [1.54, 1.807) is 29.2 Å². The molecule has 4 aromatic rings. The number of hydrogen-bond donors (Lipinski definition) is 1. The minimum atomic E-state index is -0.956. The number of nitrogens with zero attached hydrogens (tertiary/aromatic N) is 2. The van der Waals surface area contributed by atoms with E-state index in [1.807, 2.05) is 84.9 Å². The van der Waals surface area contributed by atoms with Crippen molar-refractivity contribution in [2.75, 3.05) is 0 Å². The average Bonchev–Trinajstić information content (AvgIpc) is 3.22. The molecular formula is C31H23IN2O4S. The molecule has 8 heteroatoms. The Balaban J connectivity index is 1.34. The van der Waals surface area contributed by atoms with Gasteiger partial charge < -0.3 is 9.84 Å². The van der Waals surface area contributed by atoms with Crippen LogP contribution in [0.3, 0.4) is 0 Å². The maximum atomic E-state index is 13.5. The van der Waals surface area contributed by atoms with Crippen LogP contribution in [0.4, 0.5) is 5.69 Å². The summed E-state index contributed by atoms with van der Waals surface area (Å²) in [4.78, 5) is 31.6. The highest BCUT2D eigenvalue weighted by atomic mass is 127. The average molecular weight is 647 g/mol. The number of ether oxygens (including phenoxy) is 1. The monoisotopic (exact) mass is 646 g/mol. The fraction of sp³-hybridized carbons (Fsp3) is 0.0645. The Hall–Kier alpha value is -3.89. The highest BCUT2D eigenvalue weighted by Gasteiger charge is 2.33. The third kappa shape index (κ3) is 6.76. The van der Waals surface area contributed by atoms with Crippen LogP contribution in [-0.4, -0.2) is 27.1 Å². The van der Waals surface area contributed by atoms with Crippen molar-refractivity contribution in [2.45, 2.75) is 13.2 Å². The van der Waals surface area contributed by atoms with Gasteiger partial charge in [0.25, 0.3) is 5.91 Å². The minimum absolute atomic E-state index is 0.0846. The van der Waals surface area contributed by atoms with Gasteiger partial charge in [0.2, 0.25) is 0 Å². The summed E-state index contributed by atoms with van der Waals surface area (Å²) in [6.07, 6.45) is 1.88. The molecule has 0 aromatic heterocycles. The number of aliphatic imine (C=N–C) groups is 1. The van der Waals surface area contributed by atoms with Gasteiger partial charge in [0.05, 0.1) is 26.3 Å². The standard InChI is InChI=1S/C31H23IN2O4S/c32-26-17-23(13-16-27(26)38-20-22-11-14-24(15-12-22)30(36)37)18-28-29(35)34(19-21-7-3-1-4-8-21)31(39-28)33-25-9-5-2-6-10-25/h1-18H,19-20H2,(H,36,37)/b28-18-,33-31?. The molecule has 0 bridgehead atoms. The molecule has 0 spiro atoms. The second-order valence-electron chi connectivity index (χ2n) is 8.70. The van der Waals surface area contributed by atoms with E-state index in [0.717, 1.165) is 25.9 Å². The van der Waals surface area contributed by atoms with E-state index >= 15 is 0 Å². The summed E-state index contributed by atoms with van der Waals surface area (Å²) >= 11 is 3.58. The van der Waals surface area contributed by atoms with Gasteiger partial charge in [-0.2, -0.15) is 0 Å². The number of carboxylic acids is 1. The molecule has 194 valence electrons. The van der Waals surface area contributed by atoms with E-state index in [-0.39, 0.29) is 11.5 Å². The number of amides is 1. The molecule has 1 amide bonds. The summed E-state index contributed by atoms with van der Waals surface area (Å²) < 4.78 is 6.86. The predicted molar refractivity (Wildman–Crippen MR) is 163 cm³/mol. The quantitative estimate of drug-likeness (QED) is 0.160. The molecule has 39 heavy (non-hydrogen) atoms. The van der Waals surface area contributed by atoms with Gasteiger partial charge in [-0.05, 0) is 93.5 Å². The minimum Gasteiger partial charge on any atom is -0.488 e. The van der Waals surface area contributed by atoms with E-state index in [9.17, 15) is 9.59 Å². The lowest BCUT2D eigenvalue weighted by molar-refractivity contribution is -0.122. The Kier molecular flexibility index (Phi) is 8.43. The Morgan fingerprint density at radius 1 is 0.923 bits per heavy atom. The fourth-order valence-electron chi connectivity index (χ4n) is 3.89. The highest BCUT2D eigenvalue weighted by Crippen LogP contribution is 2.36. The molecule has 0 radical (unpaired) electrons. The second-order valence-corrected chi connectivity index (χ2v) is 10.9. The smallest absolute Gasteiger partial charge is 0.335 e. The van der Waals surface area contributed by atoms with Crippen LogP contribution in [0, 0.1) is 3.57 Å². The Bertz CT molecular complexity index is 1560. The van der Waals surface area contributed by atoms with Gasteiger partial charge in [-0.25, -0.2) is 9.79 Å². The first-order valence-corrected chi connectivity index (χ1v) is 14.0. The van der Waals surface area contributed by atoms with Crippen LogP contribution in [-0.2, 0) is 17.9 Å². The SMILES string of the molecule is O=C(O)c1ccc(COc2ccc(/C=C3\SC(=Nc4ccccc4)N(Cc4ccccc4)C3=O)cc2I)cc1. The Morgan fingerprint density at radius 2 is 1.62 bits per heavy atom. The Morgan fingerprint density at radius 3 is 2.28 bits per heavy atom. The first-order chi connectivity index (χ1) is 19.0. The summed E-state index contributed by atoms with van der Waals surface area (Å²) in [5, 5.41) is 9.70. The number of thioether (sulfide) groups is 1. The van der Waals surface area contributed by atoms with Crippen LogP contribution in [0.2, 0.25) is 0 Å². The highest BCUT2D eigenvalue weighted by molar-refractivity contribution is 14.1. The number of carboxylic acid groups (broad SMARTS) is 1. The van der Waals surface area contributed by atoms with Crippen LogP contribution in [0.15, 0.2) is 113 Å². The van der Waals surface area contributed by atoms with Crippen LogP contribution >= 0.6 is 34.4 Å². The number of carbonyl (C=O) groups is 2. The normalized spacial score (nSPS) is 15.2. The number of rotatable bonds is 8. The zero-order valence-electron chi connectivity index (χ0n) is 20.7. The first-order valence-electron chi connectivity index (χ1n) is 12.1. The Labute approximate surface area is 244 Å². The zero-order chi connectivity index (χ0) is 27.2. The molecule has 0 saturated carbocycles. The lowest BCUT2D eigenvalue weighted by Crippen LogP contribution is -2.28. The van der Waals surface area contributed by atoms with E-state index in [4.69, 9.17) is 14.8 Å². The summed E-state index contributed by atoms with van der Waals surface area (Å²) in [7, 11) is 0. The molecule has 5 rings (SSSR count). The molecule has 1 heterocycles. The van der Waals surface area contributed by atoms with E-state index in [0.29, 0.717) is 29.0 Å². The third-order valence-electron chi connectivity index (χ3n) is 5.90. The predicted octanol–water partition coefficient (Wildman–Crippen LogP) is 7.37. The molecule has 1 aliphatic heterocycles. The number of halogens is 1. The number of para-hydroxylation sites is 1. The van der Waals surface area contributed by atoms with Crippen molar-refractivity contribution in [1.29, 1.82) is 0 Å². The van der Waals surface area contributed by atoms with E-state index in [1.165, 1.54) is 11.8 Å². The molecule has 1 N–H and O–H groups in total. The zero-order valence-corrected chi connectivity index (χ0v) is 23.6. The van der Waals surface area contributed by atoms with E-state index in [2.05, 4.69) is 22.6 Å². The van der Waals surface area contributed by atoms with Gasteiger partial charge in [-0.15, -0.1) is 0 Å². The number of amidine groups is 1. The largest absolute Gasteiger partial charge is 0.488 e. The van der Waals surface area contributed by atoms with Crippen molar-refractivity contribution in [3.8, 4) is 5.75 Å². The van der Waals surface area contributed by atoms with Gasteiger partial charge in [-0.3, -0.25) is 9.69 Å². The van der Waals surface area contributed by atoms with Crippen molar-refractivity contribution in [1.82, 2.24) is 4.90 Å². The number of hydrogen-bond acceptors (Lipinski definition) is 5. The topological polar surface area (TPSA) is 79.2 Å². The van der Waals surface area contributed by atoms with Gasteiger partial charge >= 0.3 is 5.97 Å². The van der Waals surface area contributed by atoms with E-state index < -0.39 is 5.97 Å². The maximum Gasteiger partial charge on any atom is 0.335 e. The van der Waals surface area contributed by atoms with Crippen LogP contribution < -0.4 is 4.74 Å². The number of carbonyl (C=O) groups excluding carboxylic acids is 1. The fourth-order valence-corrected chi connectivity index (χ4v) is 5.58. The van der Waals surface area contributed by atoms with Crippen molar-refractivity contribution >= 4 is 63.2 Å². The molecular weight excluding hydrogens is 623 g/mol. The van der Waals surface area contributed by atoms with Gasteiger partial charge in [0, 0.05) is 0 Å². The van der Waals surface area contributed by atoms with Crippen molar-refractivity contribution in [3.63, 3.8) is 0 Å². The number of aromatic carboxylic acids is 1. The van der Waals surface area contributed by atoms with Gasteiger partial charge in [0.15, 0.2) is 5.17 Å². The molecule has 1 fully saturated rings. The van der Waals surface area contributed by atoms with Crippen molar-refractivity contribution < 1.29 is 19.4 Å². The lowest BCUT2D eigenvalue weighted by atomic mass is 10.1. The second kappa shape index (κ2) is 12.3. The summed E-state index contributed by atoms with van der Waals surface area (Å²) in [6, 6.07) is 31.9. The molecule has 6 nitrogen and oxygen atoms in total. The lowest BCUT2D eigenvalue weighted by Gasteiger charge is -2.15. The molecule has 1 saturated heterocycles. The van der Waals surface area contributed by atoms with Crippen LogP contribution in [0.5, 0.6) is 5.75 Å². The first kappa shape index (κ1) is 26.7. The summed E-state index contributed by atoms with van der Waals surface area (Å²) in [5.41, 5.74) is 3.82. The summed E-state index contributed by atoms with van der Waals surface area (Å²) in [6.45, 7) is 0.756. The molecule has 0 aliphatic carbocycles. The molecule has 0 atom stereocenters. The number of benzene rings is 4. The van der Waals surface area contributed by atoms with Crippen LogP contribution in [0.25, 0.3) is 6.08 Å². The molecule has 1 aliphatic rings. The van der Waals surface area contributed by atoms with Gasteiger partial charge in [0.1, 0.15) is 12.4 Å². The molecule has 4 aromatic carbocycles. The van der Waals surface area contributed by atoms with Gasteiger partial charge in [-0.1, -0.05) is 66.7 Å². The van der Waals surface area contributed by atoms with Crippen LogP contribution in [0.1, 0.15) is 27.0 Å². The summed E-state index contributed by atoms with van der Waals surface area (Å²) in [5.74, 6) is -0.330. The van der Waals surface area contributed by atoms with Crippen molar-refractivity contribution in [2.24, 2.45) is 4.99 Å².